The summed E-state index contributed by atoms with van der Waals surface area (Å²) in [7, 11) is 0. The zero-order chi connectivity index (χ0) is 14.4. The highest BCUT2D eigenvalue weighted by Gasteiger charge is 2.41. The van der Waals surface area contributed by atoms with E-state index in [9.17, 15) is 14.7 Å². The van der Waals surface area contributed by atoms with Crippen LogP contribution in [-0.2, 0) is 9.59 Å². The Morgan fingerprint density at radius 3 is 2.63 bits per heavy atom. The molecule has 3 atom stereocenters. The number of carboxylic acid groups (broad SMARTS) is 1. The topological polar surface area (TPSA) is 83.6 Å². The lowest BCUT2D eigenvalue weighted by atomic mass is 10.0. The van der Waals surface area contributed by atoms with E-state index in [-0.39, 0.29) is 17.2 Å². The average Bonchev–Trinajstić information content (AvgIpc) is 2.80. The first kappa shape index (κ1) is 16.3. The van der Waals surface area contributed by atoms with Gasteiger partial charge in [-0.25, -0.2) is 4.79 Å². The second kappa shape index (κ2) is 7.75. The number of thioether (sulfide) groups is 1. The van der Waals surface area contributed by atoms with Crippen LogP contribution in [-0.4, -0.2) is 45.6 Å². The van der Waals surface area contributed by atoms with E-state index in [2.05, 4.69) is 0 Å². The third-order valence-electron chi connectivity index (χ3n) is 3.58. The molecule has 1 aliphatic rings. The number of carbonyl (C=O) groups excluding carboxylic acids is 1. The first-order valence-corrected chi connectivity index (χ1v) is 7.95. The molecule has 1 saturated heterocycles. The van der Waals surface area contributed by atoms with Crippen LogP contribution in [0.2, 0.25) is 0 Å². The van der Waals surface area contributed by atoms with Crippen LogP contribution in [0.15, 0.2) is 0 Å². The lowest BCUT2D eigenvalue weighted by Gasteiger charge is -2.28. The molecule has 6 heteroatoms. The van der Waals surface area contributed by atoms with Gasteiger partial charge >= 0.3 is 5.97 Å². The van der Waals surface area contributed by atoms with Crippen LogP contribution in [0.1, 0.15) is 39.5 Å². The van der Waals surface area contributed by atoms with Crippen LogP contribution in [0.5, 0.6) is 0 Å². The van der Waals surface area contributed by atoms with Gasteiger partial charge in [-0.3, -0.25) is 4.79 Å². The molecule has 19 heavy (non-hydrogen) atoms. The van der Waals surface area contributed by atoms with Crippen molar-refractivity contribution < 1.29 is 14.7 Å². The van der Waals surface area contributed by atoms with Crippen molar-refractivity contribution in [2.24, 2.45) is 11.7 Å². The normalized spacial score (nSPS) is 24.5. The van der Waals surface area contributed by atoms with Crippen LogP contribution in [0.3, 0.4) is 0 Å². The molecule has 0 bridgehead atoms. The Kier molecular flexibility index (Phi) is 6.65. The van der Waals surface area contributed by atoms with E-state index in [1.807, 2.05) is 13.8 Å². The molecule has 3 N–H and O–H groups in total. The first-order valence-electron chi connectivity index (χ1n) is 6.90. The van der Waals surface area contributed by atoms with Gasteiger partial charge in [0.1, 0.15) is 6.04 Å². The standard InChI is InChI=1S/C13H24N2O3S/c1-3-5-12-15(10(8-19-12)13(17)18)11(16)6-9(4-2)7-14/h9-10,12H,3-8,14H2,1-2H3,(H,17,18). The molecule has 1 aliphatic heterocycles. The average molecular weight is 288 g/mol. The van der Waals surface area contributed by atoms with Crippen LogP contribution < -0.4 is 5.73 Å². The van der Waals surface area contributed by atoms with Crippen molar-refractivity contribution in [1.29, 1.82) is 0 Å². The van der Waals surface area contributed by atoms with Crippen LogP contribution in [0.25, 0.3) is 0 Å². The maximum atomic E-state index is 12.4. The van der Waals surface area contributed by atoms with Crippen molar-refractivity contribution in [3.63, 3.8) is 0 Å². The highest BCUT2D eigenvalue weighted by molar-refractivity contribution is 8.00. The number of carboxylic acids is 1. The quantitative estimate of drug-likeness (QED) is 0.742. The van der Waals surface area contributed by atoms with Gasteiger partial charge in [-0.2, -0.15) is 0 Å². The van der Waals surface area contributed by atoms with E-state index in [4.69, 9.17) is 5.73 Å². The number of amides is 1. The molecule has 3 unspecified atom stereocenters. The predicted octanol–water partition coefficient (Wildman–Crippen LogP) is 1.52. The number of carbonyl (C=O) groups is 2. The summed E-state index contributed by atoms with van der Waals surface area (Å²) in [5.41, 5.74) is 5.63. The van der Waals surface area contributed by atoms with Crippen molar-refractivity contribution in [1.82, 2.24) is 4.90 Å². The van der Waals surface area contributed by atoms with Gasteiger partial charge in [0, 0.05) is 12.2 Å². The largest absolute Gasteiger partial charge is 0.480 e. The number of hydrogen-bond acceptors (Lipinski definition) is 4. The maximum Gasteiger partial charge on any atom is 0.327 e. The summed E-state index contributed by atoms with van der Waals surface area (Å²) in [6, 6.07) is -0.677. The third kappa shape index (κ3) is 4.11. The molecule has 0 aromatic carbocycles. The predicted molar refractivity (Wildman–Crippen MR) is 76.9 cm³/mol. The molecular formula is C13H24N2O3S. The Balaban J connectivity index is 2.76. The number of nitrogens with zero attached hydrogens (tertiary/aromatic N) is 1. The van der Waals surface area contributed by atoms with Gasteiger partial charge in [-0.05, 0) is 18.9 Å². The van der Waals surface area contributed by atoms with Gasteiger partial charge in [0.15, 0.2) is 0 Å². The van der Waals surface area contributed by atoms with Gasteiger partial charge in [0.05, 0.1) is 5.37 Å². The van der Waals surface area contributed by atoms with Crippen molar-refractivity contribution in [2.75, 3.05) is 12.3 Å². The zero-order valence-electron chi connectivity index (χ0n) is 11.7. The van der Waals surface area contributed by atoms with Gasteiger partial charge in [0.25, 0.3) is 0 Å². The Bertz CT molecular complexity index is 321. The summed E-state index contributed by atoms with van der Waals surface area (Å²) in [4.78, 5) is 25.2. The van der Waals surface area contributed by atoms with Gasteiger partial charge in [-0.1, -0.05) is 26.7 Å². The number of aliphatic carboxylic acids is 1. The Morgan fingerprint density at radius 2 is 2.16 bits per heavy atom. The van der Waals surface area contributed by atoms with E-state index in [1.54, 1.807) is 16.7 Å². The molecule has 0 aromatic heterocycles. The fraction of sp³-hybridized carbons (Fsp3) is 0.846. The highest BCUT2D eigenvalue weighted by Crippen LogP contribution is 2.33. The first-order chi connectivity index (χ1) is 9.04. The van der Waals surface area contributed by atoms with Crippen molar-refractivity contribution >= 4 is 23.6 Å². The fourth-order valence-corrected chi connectivity index (χ4v) is 3.84. The Morgan fingerprint density at radius 1 is 1.47 bits per heavy atom. The monoisotopic (exact) mass is 288 g/mol. The number of nitrogens with two attached hydrogens (primary N) is 1. The smallest absolute Gasteiger partial charge is 0.327 e. The number of hydrogen-bond donors (Lipinski definition) is 2. The minimum Gasteiger partial charge on any atom is -0.480 e. The molecule has 0 aliphatic carbocycles. The molecule has 0 aromatic rings. The lowest BCUT2D eigenvalue weighted by Crippen LogP contribution is -2.46. The molecule has 0 spiro atoms. The summed E-state index contributed by atoms with van der Waals surface area (Å²) >= 11 is 1.58. The molecule has 110 valence electrons. The molecule has 0 radical (unpaired) electrons. The third-order valence-corrected chi connectivity index (χ3v) is 4.93. The molecule has 1 heterocycles. The molecule has 1 amide bonds. The lowest BCUT2D eigenvalue weighted by molar-refractivity contribution is -0.149. The Labute approximate surface area is 118 Å². The Hall–Kier alpha value is -0.750. The van der Waals surface area contributed by atoms with Crippen LogP contribution >= 0.6 is 11.8 Å². The SMILES string of the molecule is CCCC1SCC(C(=O)O)N1C(=O)CC(CC)CN. The molecular weight excluding hydrogens is 264 g/mol. The summed E-state index contributed by atoms with van der Waals surface area (Å²) in [5, 5.41) is 9.24. The van der Waals surface area contributed by atoms with E-state index in [0.717, 1.165) is 19.3 Å². The zero-order valence-corrected chi connectivity index (χ0v) is 12.5. The van der Waals surface area contributed by atoms with E-state index in [0.29, 0.717) is 18.7 Å². The van der Waals surface area contributed by atoms with E-state index >= 15 is 0 Å². The van der Waals surface area contributed by atoms with Crippen LogP contribution in [0.4, 0.5) is 0 Å². The van der Waals surface area contributed by atoms with E-state index in [1.165, 1.54) is 0 Å². The minimum atomic E-state index is -0.903. The summed E-state index contributed by atoms with van der Waals surface area (Å²) in [6.45, 7) is 4.52. The van der Waals surface area contributed by atoms with Gasteiger partial charge in [-0.15, -0.1) is 11.8 Å². The van der Waals surface area contributed by atoms with Crippen LogP contribution in [0, 0.1) is 5.92 Å². The molecule has 0 saturated carbocycles. The molecule has 1 fully saturated rings. The van der Waals surface area contributed by atoms with Crippen molar-refractivity contribution in [3.8, 4) is 0 Å². The highest BCUT2D eigenvalue weighted by atomic mass is 32.2. The second-order valence-electron chi connectivity index (χ2n) is 4.95. The summed E-state index contributed by atoms with van der Waals surface area (Å²) in [5.74, 6) is -0.325. The van der Waals surface area contributed by atoms with Crippen molar-refractivity contribution in [3.05, 3.63) is 0 Å². The molecule has 5 nitrogen and oxygen atoms in total. The number of rotatable bonds is 7. The van der Waals surface area contributed by atoms with Crippen molar-refractivity contribution in [2.45, 2.75) is 50.9 Å². The summed E-state index contributed by atoms with van der Waals surface area (Å²) in [6.07, 6.45) is 3.00. The maximum absolute atomic E-state index is 12.4. The minimum absolute atomic E-state index is 0.00822. The van der Waals surface area contributed by atoms with Gasteiger partial charge in [0.2, 0.25) is 5.91 Å². The second-order valence-corrected chi connectivity index (χ2v) is 6.16. The van der Waals surface area contributed by atoms with Gasteiger partial charge < -0.3 is 15.7 Å². The molecule has 1 rings (SSSR count). The van der Waals surface area contributed by atoms with E-state index < -0.39 is 12.0 Å². The summed E-state index contributed by atoms with van der Waals surface area (Å²) < 4.78 is 0. The fourth-order valence-electron chi connectivity index (χ4n) is 2.30.